The van der Waals surface area contributed by atoms with Crippen LogP contribution in [0.2, 0.25) is 0 Å². The van der Waals surface area contributed by atoms with Crippen LogP contribution in [0.3, 0.4) is 0 Å². The first-order chi connectivity index (χ1) is 11.5. The van der Waals surface area contributed by atoms with Gasteiger partial charge in [0.1, 0.15) is 5.82 Å². The molecule has 0 aliphatic carbocycles. The summed E-state index contributed by atoms with van der Waals surface area (Å²) >= 11 is 1.33. The molecule has 0 spiro atoms. The van der Waals surface area contributed by atoms with Crippen LogP contribution in [0.5, 0.6) is 5.75 Å². The number of carbonyl (C=O) groups is 2. The van der Waals surface area contributed by atoms with Gasteiger partial charge in [0.2, 0.25) is 5.75 Å². The molecule has 0 bridgehead atoms. The number of esters is 1. The number of thiophene rings is 1. The zero-order valence-corrected chi connectivity index (χ0v) is 13.1. The number of H-pyrrole nitrogens is 1. The van der Waals surface area contributed by atoms with Crippen LogP contribution in [-0.2, 0) is 9.53 Å². The fourth-order valence-corrected chi connectivity index (χ4v) is 2.06. The van der Waals surface area contributed by atoms with E-state index in [0.29, 0.717) is 11.3 Å². The van der Waals surface area contributed by atoms with Gasteiger partial charge in [-0.15, -0.1) is 11.3 Å². The Morgan fingerprint density at radius 1 is 1.36 bits per heavy atom. The van der Waals surface area contributed by atoms with Gasteiger partial charge in [-0.2, -0.15) is 13.2 Å². The molecule has 0 amide bonds. The predicted octanol–water partition coefficient (Wildman–Crippen LogP) is 1.21. The minimum absolute atomic E-state index is 0.108. The van der Waals surface area contributed by atoms with E-state index >= 15 is 0 Å². The molecule has 2 aromatic rings. The average Bonchev–Trinajstić information content (AvgIpc) is 2.95. The van der Waals surface area contributed by atoms with Gasteiger partial charge >= 0.3 is 18.1 Å². The molecule has 9 nitrogen and oxygen atoms in total. The first-order valence-corrected chi connectivity index (χ1v) is 6.97. The molecule has 0 aliphatic heterocycles. The summed E-state index contributed by atoms with van der Waals surface area (Å²) in [7, 11) is 1.13. The third kappa shape index (κ3) is 4.94. The Morgan fingerprint density at radius 3 is 2.32 bits per heavy atom. The molecular weight excluding hydrogens is 371 g/mol. The molecule has 0 saturated carbocycles. The minimum Gasteiger partial charge on any atom is -0.501 e. The van der Waals surface area contributed by atoms with Crippen LogP contribution in [0.4, 0.5) is 18.9 Å². The highest BCUT2D eigenvalue weighted by molar-refractivity contribution is 7.08. The lowest BCUT2D eigenvalue weighted by Crippen LogP contribution is -2.21. The van der Waals surface area contributed by atoms with E-state index in [9.17, 15) is 27.9 Å². The topological polar surface area (TPSA) is 156 Å². The van der Waals surface area contributed by atoms with Crippen molar-refractivity contribution >= 4 is 29.0 Å². The highest BCUT2D eigenvalue weighted by Crippen LogP contribution is 2.27. The number of aromatic amines is 1. The summed E-state index contributed by atoms with van der Waals surface area (Å²) in [6, 6.07) is 0. The van der Waals surface area contributed by atoms with Gasteiger partial charge in [0.25, 0.3) is 5.56 Å². The molecule has 136 valence electrons. The second-order valence-electron chi connectivity index (χ2n) is 4.15. The monoisotopic (exact) mass is 381 g/mol. The van der Waals surface area contributed by atoms with Crippen molar-refractivity contribution in [2.75, 3.05) is 12.8 Å². The maximum atomic E-state index is 11.5. The number of nitrogens with one attached hydrogen (secondary N) is 1. The van der Waals surface area contributed by atoms with Gasteiger partial charge in [-0.1, -0.05) is 0 Å². The Kier molecular flexibility index (Phi) is 6.11. The van der Waals surface area contributed by atoms with Crippen molar-refractivity contribution in [3.63, 3.8) is 0 Å². The zero-order valence-electron chi connectivity index (χ0n) is 12.2. The Labute approximate surface area is 140 Å². The molecule has 0 atom stereocenters. The van der Waals surface area contributed by atoms with Gasteiger partial charge < -0.3 is 25.7 Å². The third-order valence-corrected chi connectivity index (χ3v) is 3.22. The summed E-state index contributed by atoms with van der Waals surface area (Å²) in [5.74, 6) is -4.32. The summed E-state index contributed by atoms with van der Waals surface area (Å²) in [5, 5.41) is 19.9. The Balaban J connectivity index is 0.000000381. The van der Waals surface area contributed by atoms with Crippen LogP contribution >= 0.6 is 11.3 Å². The van der Waals surface area contributed by atoms with Gasteiger partial charge in [0.05, 0.1) is 18.4 Å². The molecule has 2 aromatic heterocycles. The van der Waals surface area contributed by atoms with Crippen molar-refractivity contribution in [2.45, 2.75) is 6.18 Å². The van der Waals surface area contributed by atoms with Gasteiger partial charge in [-0.25, -0.2) is 14.6 Å². The summed E-state index contributed by atoms with van der Waals surface area (Å²) in [6.07, 6.45) is -5.08. The lowest BCUT2D eigenvalue weighted by atomic mass is 10.2. The number of carboxylic acids is 1. The number of carboxylic acid groups (broad SMARTS) is 1. The van der Waals surface area contributed by atoms with Crippen LogP contribution in [0.15, 0.2) is 15.6 Å². The smallest absolute Gasteiger partial charge is 0.490 e. The number of aliphatic carboxylic acids is 1. The molecule has 0 fully saturated rings. The quantitative estimate of drug-likeness (QED) is 0.566. The molecule has 0 radical (unpaired) electrons. The van der Waals surface area contributed by atoms with E-state index in [0.717, 1.165) is 7.11 Å². The second-order valence-corrected chi connectivity index (χ2v) is 4.89. The van der Waals surface area contributed by atoms with Gasteiger partial charge in [0.15, 0.2) is 5.69 Å². The van der Waals surface area contributed by atoms with E-state index in [2.05, 4.69) is 14.7 Å². The van der Waals surface area contributed by atoms with E-state index in [4.69, 9.17) is 15.6 Å². The number of methoxy groups -OCH3 is 1. The number of nitrogens with zero attached hydrogens (tertiary/aromatic N) is 1. The minimum atomic E-state index is -5.08. The molecule has 0 unspecified atom stereocenters. The lowest BCUT2D eigenvalue weighted by molar-refractivity contribution is -0.192. The third-order valence-electron chi connectivity index (χ3n) is 2.46. The largest absolute Gasteiger partial charge is 0.501 e. The molecule has 5 N–H and O–H groups in total. The second kappa shape index (κ2) is 7.65. The van der Waals surface area contributed by atoms with Crippen LogP contribution in [0, 0.1) is 0 Å². The average molecular weight is 381 g/mol. The van der Waals surface area contributed by atoms with Crippen molar-refractivity contribution in [3.05, 3.63) is 26.8 Å². The van der Waals surface area contributed by atoms with Crippen LogP contribution < -0.4 is 11.3 Å². The fraction of sp³-hybridized carbons (Fsp3) is 0.167. The van der Waals surface area contributed by atoms with Crippen LogP contribution in [0.1, 0.15) is 10.5 Å². The number of anilines is 1. The van der Waals surface area contributed by atoms with Gasteiger partial charge in [-0.3, -0.25) is 4.79 Å². The van der Waals surface area contributed by atoms with Crippen LogP contribution in [0.25, 0.3) is 11.4 Å². The molecule has 0 aromatic carbocycles. The SMILES string of the molecule is COC(=O)c1nc(-c2cscc2N)[nH]c(=O)c1O.O=C(O)C(F)(F)F. The van der Waals surface area contributed by atoms with Gasteiger partial charge in [0, 0.05) is 10.8 Å². The predicted molar refractivity (Wildman–Crippen MR) is 79.3 cm³/mol. The van der Waals surface area contributed by atoms with Crippen molar-refractivity contribution in [1.82, 2.24) is 9.97 Å². The summed E-state index contributed by atoms with van der Waals surface area (Å²) < 4.78 is 36.2. The molecule has 25 heavy (non-hydrogen) atoms. The number of aromatic hydroxyl groups is 1. The maximum Gasteiger partial charge on any atom is 0.490 e. The molecule has 2 rings (SSSR count). The highest BCUT2D eigenvalue weighted by atomic mass is 32.1. The summed E-state index contributed by atoms with van der Waals surface area (Å²) in [5.41, 5.74) is 5.33. The van der Waals surface area contributed by atoms with Crippen molar-refractivity contribution in [2.24, 2.45) is 0 Å². The lowest BCUT2D eigenvalue weighted by Gasteiger charge is -2.04. The number of carbonyl (C=O) groups excluding carboxylic acids is 1. The number of alkyl halides is 3. The van der Waals surface area contributed by atoms with Gasteiger partial charge in [-0.05, 0) is 0 Å². The van der Waals surface area contributed by atoms with Crippen molar-refractivity contribution in [1.29, 1.82) is 0 Å². The molecule has 0 aliphatic rings. The number of halogens is 3. The number of aromatic nitrogens is 2. The van der Waals surface area contributed by atoms with E-state index in [1.54, 1.807) is 10.8 Å². The first kappa shape index (κ1) is 20.0. The number of rotatable bonds is 2. The number of hydrogen-bond acceptors (Lipinski definition) is 8. The highest BCUT2D eigenvalue weighted by Gasteiger charge is 2.38. The Bertz CT molecular complexity index is 845. The number of hydrogen-bond donors (Lipinski definition) is 4. The molecule has 2 heterocycles. The first-order valence-electron chi connectivity index (χ1n) is 6.02. The zero-order chi connectivity index (χ0) is 19.4. The number of nitrogens with two attached hydrogens (primary N) is 1. The molecule has 13 heteroatoms. The van der Waals surface area contributed by atoms with E-state index in [-0.39, 0.29) is 5.82 Å². The van der Waals surface area contributed by atoms with E-state index in [1.807, 2.05) is 0 Å². The fourth-order valence-electron chi connectivity index (χ4n) is 1.33. The van der Waals surface area contributed by atoms with Crippen molar-refractivity contribution < 1.29 is 37.7 Å². The summed E-state index contributed by atoms with van der Waals surface area (Å²) in [6.45, 7) is 0. The Morgan fingerprint density at radius 2 is 1.92 bits per heavy atom. The van der Waals surface area contributed by atoms with E-state index in [1.165, 1.54) is 11.3 Å². The Hall–Kier alpha value is -3.09. The number of ether oxygens (including phenoxy) is 1. The normalized spacial score (nSPS) is 10.6. The summed E-state index contributed by atoms with van der Waals surface area (Å²) in [4.78, 5) is 38.0. The molecular formula is C12H10F3N3O6S. The maximum absolute atomic E-state index is 11.5. The standard InChI is InChI=1S/C10H9N3O4S.C2HF3O2/c1-17-10(16)6-7(14)9(15)13-8(12-6)4-2-18-3-5(4)11;3-2(4,5)1(6)7/h2-3,14H,11H2,1H3,(H,12,13,15);(H,6,7). The van der Waals surface area contributed by atoms with E-state index < -0.39 is 35.1 Å². The van der Waals surface area contributed by atoms with Crippen LogP contribution in [-0.4, -0.2) is 45.4 Å². The van der Waals surface area contributed by atoms with Crippen molar-refractivity contribution in [3.8, 4) is 17.1 Å². The number of nitrogen functional groups attached to an aromatic ring is 1. The molecule has 0 saturated heterocycles.